The molecule has 6 heteroatoms. The number of likely N-dealkylation sites (N-methyl/N-ethyl adjacent to an activating group) is 1. The number of carbonyl (C=O) groups is 2. The zero-order valence-corrected chi connectivity index (χ0v) is 11.1. The van der Waals surface area contributed by atoms with Crippen molar-refractivity contribution in [2.24, 2.45) is 0 Å². The van der Waals surface area contributed by atoms with E-state index in [9.17, 15) is 9.59 Å². The van der Waals surface area contributed by atoms with Crippen molar-refractivity contribution in [2.75, 3.05) is 32.1 Å². The third-order valence-electron chi connectivity index (χ3n) is 2.35. The number of rotatable bonds is 6. The Morgan fingerprint density at radius 2 is 2.00 bits per heavy atom. The van der Waals surface area contributed by atoms with Crippen molar-refractivity contribution in [1.29, 1.82) is 0 Å². The minimum absolute atomic E-state index is 0.102. The van der Waals surface area contributed by atoms with Crippen LogP contribution < -0.4 is 0 Å². The molecule has 0 aliphatic carbocycles. The fraction of sp³-hybridized carbons (Fsp3) is 0.800. The first-order valence-corrected chi connectivity index (χ1v) is 6.55. The predicted octanol–water partition coefficient (Wildman–Crippen LogP) is 1.20. The molecule has 0 spiro atoms. The van der Waals surface area contributed by atoms with Crippen LogP contribution in [0.15, 0.2) is 0 Å². The van der Waals surface area contributed by atoms with E-state index in [2.05, 4.69) is 0 Å². The van der Waals surface area contributed by atoms with Gasteiger partial charge in [0, 0.05) is 25.4 Å². The van der Waals surface area contributed by atoms with Crippen LogP contribution in [0.1, 0.15) is 13.8 Å². The van der Waals surface area contributed by atoms with E-state index >= 15 is 0 Å². The summed E-state index contributed by atoms with van der Waals surface area (Å²) in [6.45, 7) is 3.88. The molecule has 0 aromatic carbocycles. The van der Waals surface area contributed by atoms with Crippen molar-refractivity contribution >= 4 is 23.8 Å². The second kappa shape index (κ2) is 7.38. The fourth-order valence-electron chi connectivity index (χ4n) is 1.24. The van der Waals surface area contributed by atoms with Gasteiger partial charge in [-0.3, -0.25) is 4.79 Å². The summed E-state index contributed by atoms with van der Waals surface area (Å²) >= 11 is 1.66. The zero-order valence-electron chi connectivity index (χ0n) is 10.3. The quantitative estimate of drug-likeness (QED) is 0.767. The Hall–Kier alpha value is -0.910. The average molecular weight is 248 g/mol. The number of urea groups is 1. The van der Waals surface area contributed by atoms with Gasteiger partial charge in [-0.25, -0.2) is 4.79 Å². The molecule has 1 atom stereocenters. The first-order chi connectivity index (χ1) is 7.43. The molecule has 0 saturated carbocycles. The molecule has 0 aliphatic rings. The van der Waals surface area contributed by atoms with Gasteiger partial charge >= 0.3 is 12.0 Å². The molecule has 0 rings (SSSR count). The first-order valence-electron chi connectivity index (χ1n) is 5.16. The molecule has 16 heavy (non-hydrogen) atoms. The summed E-state index contributed by atoms with van der Waals surface area (Å²) in [5.41, 5.74) is 0. The van der Waals surface area contributed by atoms with E-state index in [0.717, 1.165) is 5.75 Å². The standard InChI is InChI=1S/C10H20N2O3S/c1-5-12(6-9(13)14)10(15)11(3)8(2)7-16-4/h8H,5-7H2,1-4H3,(H,13,14). The fourth-order valence-corrected chi connectivity index (χ4v) is 1.95. The average Bonchev–Trinajstić information content (AvgIpc) is 2.23. The van der Waals surface area contributed by atoms with Crippen molar-refractivity contribution in [1.82, 2.24) is 9.80 Å². The van der Waals surface area contributed by atoms with Crippen LogP contribution in [0.2, 0.25) is 0 Å². The second-order valence-electron chi connectivity index (χ2n) is 3.61. The van der Waals surface area contributed by atoms with Crippen LogP contribution in [-0.2, 0) is 4.79 Å². The molecular formula is C10H20N2O3S. The highest BCUT2D eigenvalue weighted by Gasteiger charge is 2.22. The third kappa shape index (κ3) is 4.74. The van der Waals surface area contributed by atoms with Crippen LogP contribution in [0.25, 0.3) is 0 Å². The SMILES string of the molecule is CCN(CC(=O)O)C(=O)N(C)C(C)CSC. The van der Waals surface area contributed by atoms with Gasteiger partial charge in [0.2, 0.25) is 0 Å². The maximum Gasteiger partial charge on any atom is 0.323 e. The highest BCUT2D eigenvalue weighted by molar-refractivity contribution is 7.98. The van der Waals surface area contributed by atoms with E-state index in [1.807, 2.05) is 13.2 Å². The molecule has 2 amide bonds. The van der Waals surface area contributed by atoms with Gasteiger partial charge in [0.1, 0.15) is 6.54 Å². The third-order valence-corrected chi connectivity index (χ3v) is 3.16. The summed E-state index contributed by atoms with van der Waals surface area (Å²) in [5.74, 6) is -0.145. The van der Waals surface area contributed by atoms with Crippen molar-refractivity contribution in [2.45, 2.75) is 19.9 Å². The molecule has 0 bridgehead atoms. The minimum Gasteiger partial charge on any atom is -0.480 e. The van der Waals surface area contributed by atoms with Gasteiger partial charge in [-0.1, -0.05) is 0 Å². The molecular weight excluding hydrogens is 228 g/mol. The Kier molecular flexibility index (Phi) is 6.96. The lowest BCUT2D eigenvalue weighted by molar-refractivity contribution is -0.137. The number of nitrogens with zero attached hydrogens (tertiary/aromatic N) is 2. The van der Waals surface area contributed by atoms with Gasteiger partial charge in [-0.2, -0.15) is 11.8 Å². The van der Waals surface area contributed by atoms with Crippen molar-refractivity contribution in [3.63, 3.8) is 0 Å². The van der Waals surface area contributed by atoms with Gasteiger partial charge in [0.25, 0.3) is 0 Å². The molecule has 0 aromatic heterocycles. The lowest BCUT2D eigenvalue weighted by Crippen LogP contribution is -2.47. The number of carboxylic acids is 1. The van der Waals surface area contributed by atoms with Crippen molar-refractivity contribution < 1.29 is 14.7 Å². The van der Waals surface area contributed by atoms with Crippen molar-refractivity contribution in [3.05, 3.63) is 0 Å². The minimum atomic E-state index is -0.985. The van der Waals surface area contributed by atoms with Gasteiger partial charge in [-0.05, 0) is 20.1 Å². The molecule has 0 aromatic rings. The second-order valence-corrected chi connectivity index (χ2v) is 4.52. The van der Waals surface area contributed by atoms with Gasteiger partial charge < -0.3 is 14.9 Å². The highest BCUT2D eigenvalue weighted by atomic mass is 32.2. The molecule has 1 unspecified atom stereocenters. The summed E-state index contributed by atoms with van der Waals surface area (Å²) in [6, 6.07) is -0.128. The largest absolute Gasteiger partial charge is 0.480 e. The number of amides is 2. The van der Waals surface area contributed by atoms with Gasteiger partial charge in [-0.15, -0.1) is 0 Å². The molecule has 5 nitrogen and oxygen atoms in total. The van der Waals surface area contributed by atoms with Crippen molar-refractivity contribution in [3.8, 4) is 0 Å². The lowest BCUT2D eigenvalue weighted by atomic mass is 10.3. The monoisotopic (exact) mass is 248 g/mol. The highest BCUT2D eigenvalue weighted by Crippen LogP contribution is 2.06. The molecule has 94 valence electrons. The maximum absolute atomic E-state index is 11.9. The summed E-state index contributed by atoms with van der Waals surface area (Å²) in [6.07, 6.45) is 1.98. The Labute approximate surface area is 101 Å². The molecule has 0 fully saturated rings. The Morgan fingerprint density at radius 3 is 2.38 bits per heavy atom. The summed E-state index contributed by atoms with van der Waals surface area (Å²) in [5, 5.41) is 8.67. The summed E-state index contributed by atoms with van der Waals surface area (Å²) in [7, 11) is 1.70. The smallest absolute Gasteiger partial charge is 0.323 e. The van der Waals surface area contributed by atoms with E-state index < -0.39 is 5.97 Å². The first kappa shape index (κ1) is 15.1. The van der Waals surface area contributed by atoms with Crippen LogP contribution in [0.3, 0.4) is 0 Å². The van der Waals surface area contributed by atoms with E-state index in [4.69, 9.17) is 5.11 Å². The van der Waals surface area contributed by atoms with Gasteiger partial charge in [0.15, 0.2) is 0 Å². The normalized spacial score (nSPS) is 12.0. The van der Waals surface area contributed by atoms with E-state index in [1.165, 1.54) is 4.90 Å². The van der Waals surface area contributed by atoms with Crippen LogP contribution in [0, 0.1) is 0 Å². The number of thioether (sulfide) groups is 1. The number of hydrogen-bond acceptors (Lipinski definition) is 3. The maximum atomic E-state index is 11.9. The van der Waals surface area contributed by atoms with Crippen LogP contribution in [-0.4, -0.2) is 65.1 Å². The number of hydrogen-bond donors (Lipinski definition) is 1. The zero-order chi connectivity index (χ0) is 12.7. The van der Waals surface area contributed by atoms with Crippen LogP contribution in [0.4, 0.5) is 4.79 Å². The summed E-state index contributed by atoms with van der Waals surface area (Å²) < 4.78 is 0. The molecule has 0 heterocycles. The molecule has 0 aliphatic heterocycles. The number of carbonyl (C=O) groups excluding carboxylic acids is 1. The predicted molar refractivity (Wildman–Crippen MR) is 65.9 cm³/mol. The Balaban J connectivity index is 4.43. The van der Waals surface area contributed by atoms with E-state index in [1.54, 1.807) is 30.6 Å². The number of aliphatic carboxylic acids is 1. The molecule has 0 radical (unpaired) electrons. The van der Waals surface area contributed by atoms with Crippen LogP contribution >= 0.6 is 11.8 Å². The van der Waals surface area contributed by atoms with Crippen LogP contribution in [0.5, 0.6) is 0 Å². The van der Waals surface area contributed by atoms with Gasteiger partial charge in [0.05, 0.1) is 0 Å². The summed E-state index contributed by atoms with van der Waals surface area (Å²) in [4.78, 5) is 25.4. The number of carboxylic acid groups (broad SMARTS) is 1. The molecule has 1 N–H and O–H groups in total. The van der Waals surface area contributed by atoms with E-state index in [-0.39, 0.29) is 18.6 Å². The molecule has 0 saturated heterocycles. The Bertz CT molecular complexity index is 248. The Morgan fingerprint density at radius 1 is 1.44 bits per heavy atom. The topological polar surface area (TPSA) is 60.9 Å². The van der Waals surface area contributed by atoms with E-state index in [0.29, 0.717) is 6.54 Å². The lowest BCUT2D eigenvalue weighted by Gasteiger charge is -2.30.